The lowest BCUT2D eigenvalue weighted by atomic mass is 10.2. The molecule has 2 N–H and O–H groups in total. The van der Waals surface area contributed by atoms with Crippen LogP contribution in [0.25, 0.3) is 21.8 Å². The van der Waals surface area contributed by atoms with Crippen molar-refractivity contribution in [3.05, 3.63) is 59.8 Å². The zero-order valence-corrected chi connectivity index (χ0v) is 17.8. The van der Waals surface area contributed by atoms with Gasteiger partial charge in [-0.05, 0) is 36.4 Å². The summed E-state index contributed by atoms with van der Waals surface area (Å²) in [6.45, 7) is 4.45. The van der Waals surface area contributed by atoms with Crippen molar-refractivity contribution in [2.75, 3.05) is 54.9 Å². The summed E-state index contributed by atoms with van der Waals surface area (Å²) in [4.78, 5) is 16.2. The average molecular weight is 435 g/mol. The molecule has 158 valence electrons. The van der Waals surface area contributed by atoms with Gasteiger partial charge in [0, 0.05) is 53.9 Å². The summed E-state index contributed by atoms with van der Waals surface area (Å²) in [5.74, 6) is 1.59. The Labute approximate surface area is 185 Å². The Kier molecular flexibility index (Phi) is 5.69. The number of anilines is 3. The third-order valence-corrected chi connectivity index (χ3v) is 5.56. The summed E-state index contributed by atoms with van der Waals surface area (Å²) in [5, 5.41) is 9.73. The van der Waals surface area contributed by atoms with Crippen LogP contribution in [0.2, 0.25) is 5.02 Å². The zero-order valence-electron chi connectivity index (χ0n) is 17.0. The third kappa shape index (κ3) is 4.33. The van der Waals surface area contributed by atoms with Crippen LogP contribution in [-0.4, -0.2) is 54.3 Å². The van der Waals surface area contributed by atoms with Crippen LogP contribution in [-0.2, 0) is 4.74 Å². The summed E-state index contributed by atoms with van der Waals surface area (Å²) in [6, 6.07) is 15.8. The minimum Gasteiger partial charge on any atom is -0.383 e. The zero-order chi connectivity index (χ0) is 21.0. The highest BCUT2D eigenvalue weighted by molar-refractivity contribution is 6.31. The van der Waals surface area contributed by atoms with E-state index in [1.165, 1.54) is 0 Å². The van der Waals surface area contributed by atoms with E-state index in [2.05, 4.69) is 20.5 Å². The van der Waals surface area contributed by atoms with Crippen molar-refractivity contribution in [3.63, 3.8) is 0 Å². The van der Waals surface area contributed by atoms with Crippen LogP contribution >= 0.6 is 11.6 Å². The molecule has 0 spiro atoms. The largest absolute Gasteiger partial charge is 0.383 e. The predicted octanol–water partition coefficient (Wildman–Crippen LogP) is 4.19. The van der Waals surface area contributed by atoms with Gasteiger partial charge < -0.3 is 20.3 Å². The van der Waals surface area contributed by atoms with E-state index in [1.54, 1.807) is 6.20 Å². The third-order valence-electron chi connectivity index (χ3n) is 5.32. The Balaban J connectivity index is 1.32. The number of aromatic nitrogens is 3. The molecule has 2 aromatic heterocycles. The number of ether oxygens (including phenoxy) is 1. The van der Waals surface area contributed by atoms with E-state index in [4.69, 9.17) is 26.3 Å². The van der Waals surface area contributed by atoms with Crippen LogP contribution in [0.1, 0.15) is 0 Å². The SMILES string of the molecule is Clc1ccc2c(NCCNc3nc(N4CCOCC4)nc4ccccc34)ccnc2c1. The number of nitrogens with zero attached hydrogens (tertiary/aromatic N) is 4. The fourth-order valence-electron chi connectivity index (χ4n) is 3.76. The Hall–Kier alpha value is -3.16. The van der Waals surface area contributed by atoms with Gasteiger partial charge in [0.2, 0.25) is 5.95 Å². The van der Waals surface area contributed by atoms with Crippen molar-refractivity contribution < 1.29 is 4.74 Å². The first kappa shape index (κ1) is 19.8. The summed E-state index contributed by atoms with van der Waals surface area (Å²) in [7, 11) is 0. The maximum atomic E-state index is 6.09. The minimum absolute atomic E-state index is 0.686. The van der Waals surface area contributed by atoms with E-state index in [9.17, 15) is 0 Å². The molecule has 1 aliphatic heterocycles. The van der Waals surface area contributed by atoms with Gasteiger partial charge in [0.1, 0.15) is 5.82 Å². The quantitative estimate of drug-likeness (QED) is 0.440. The highest BCUT2D eigenvalue weighted by Gasteiger charge is 2.16. The van der Waals surface area contributed by atoms with Crippen LogP contribution in [0, 0.1) is 0 Å². The van der Waals surface area contributed by atoms with E-state index in [1.807, 2.05) is 48.5 Å². The van der Waals surface area contributed by atoms with E-state index in [0.29, 0.717) is 24.8 Å². The number of rotatable bonds is 6. The van der Waals surface area contributed by atoms with Crippen molar-refractivity contribution in [3.8, 4) is 0 Å². The molecule has 1 fully saturated rings. The molecule has 0 bridgehead atoms. The van der Waals surface area contributed by atoms with Gasteiger partial charge in [0.05, 0.1) is 24.2 Å². The summed E-state index contributed by atoms with van der Waals surface area (Å²) in [6.07, 6.45) is 1.79. The Morgan fingerprint density at radius 1 is 0.903 bits per heavy atom. The Morgan fingerprint density at radius 3 is 2.65 bits per heavy atom. The number of benzene rings is 2. The molecule has 0 radical (unpaired) electrons. The maximum absolute atomic E-state index is 6.09. The Bertz CT molecular complexity index is 1210. The molecular weight excluding hydrogens is 412 g/mol. The highest BCUT2D eigenvalue weighted by atomic mass is 35.5. The van der Waals surface area contributed by atoms with E-state index in [0.717, 1.165) is 58.9 Å². The number of fused-ring (bicyclic) bond motifs is 2. The lowest BCUT2D eigenvalue weighted by Gasteiger charge is -2.27. The van der Waals surface area contributed by atoms with Gasteiger partial charge >= 0.3 is 0 Å². The summed E-state index contributed by atoms with van der Waals surface area (Å²) < 4.78 is 5.46. The van der Waals surface area contributed by atoms with Gasteiger partial charge in [-0.3, -0.25) is 4.98 Å². The van der Waals surface area contributed by atoms with Crippen LogP contribution in [0.15, 0.2) is 54.7 Å². The number of pyridine rings is 1. The van der Waals surface area contributed by atoms with Gasteiger partial charge in [-0.15, -0.1) is 0 Å². The molecule has 1 saturated heterocycles. The first-order chi connectivity index (χ1) is 15.3. The van der Waals surface area contributed by atoms with Gasteiger partial charge in [0.25, 0.3) is 0 Å². The van der Waals surface area contributed by atoms with Crippen LogP contribution in [0.3, 0.4) is 0 Å². The van der Waals surface area contributed by atoms with E-state index in [-0.39, 0.29) is 0 Å². The van der Waals surface area contributed by atoms with E-state index >= 15 is 0 Å². The smallest absolute Gasteiger partial charge is 0.228 e. The Morgan fingerprint density at radius 2 is 1.74 bits per heavy atom. The molecule has 3 heterocycles. The second kappa shape index (κ2) is 8.91. The molecule has 0 aliphatic carbocycles. The lowest BCUT2D eigenvalue weighted by Crippen LogP contribution is -2.37. The normalized spacial score (nSPS) is 14.2. The van der Waals surface area contributed by atoms with Crippen molar-refractivity contribution in [2.24, 2.45) is 0 Å². The molecule has 8 heteroatoms. The van der Waals surface area contributed by atoms with E-state index < -0.39 is 0 Å². The highest BCUT2D eigenvalue weighted by Crippen LogP contribution is 2.25. The van der Waals surface area contributed by atoms with Gasteiger partial charge in [0.15, 0.2) is 0 Å². The number of halogens is 1. The first-order valence-corrected chi connectivity index (χ1v) is 10.8. The topological polar surface area (TPSA) is 75.2 Å². The average Bonchev–Trinajstić information content (AvgIpc) is 2.82. The monoisotopic (exact) mass is 434 g/mol. The van der Waals surface area contributed by atoms with Crippen LogP contribution in [0.5, 0.6) is 0 Å². The lowest BCUT2D eigenvalue weighted by molar-refractivity contribution is 0.122. The van der Waals surface area contributed by atoms with Crippen molar-refractivity contribution in [1.82, 2.24) is 15.0 Å². The number of hydrogen-bond donors (Lipinski definition) is 2. The summed E-state index contributed by atoms with van der Waals surface area (Å²) >= 11 is 6.09. The van der Waals surface area contributed by atoms with Gasteiger partial charge in [-0.2, -0.15) is 4.98 Å². The predicted molar refractivity (Wildman–Crippen MR) is 126 cm³/mol. The van der Waals surface area contributed by atoms with Gasteiger partial charge in [-0.1, -0.05) is 23.7 Å². The fraction of sp³-hybridized carbons (Fsp3) is 0.261. The molecule has 0 unspecified atom stereocenters. The molecule has 2 aromatic carbocycles. The molecule has 4 aromatic rings. The standard InChI is InChI=1S/C23H23ClN6O/c24-16-5-6-17-19(7-8-25-21(17)15-16)26-9-10-27-22-18-3-1-2-4-20(18)28-23(29-22)30-11-13-31-14-12-30/h1-8,15H,9-14H2,(H,25,26)(H,27,28,29). The fourth-order valence-corrected chi connectivity index (χ4v) is 3.92. The van der Waals surface area contributed by atoms with Gasteiger partial charge in [-0.25, -0.2) is 4.98 Å². The number of nitrogens with one attached hydrogen (secondary N) is 2. The van der Waals surface area contributed by atoms with Crippen LogP contribution in [0.4, 0.5) is 17.5 Å². The molecule has 5 rings (SSSR count). The molecule has 1 aliphatic rings. The second-order valence-corrected chi connectivity index (χ2v) is 7.80. The second-order valence-electron chi connectivity index (χ2n) is 7.36. The number of para-hydroxylation sites is 1. The van der Waals surface area contributed by atoms with Crippen molar-refractivity contribution in [2.45, 2.75) is 0 Å². The molecule has 0 atom stereocenters. The number of hydrogen-bond acceptors (Lipinski definition) is 7. The van der Waals surface area contributed by atoms with Crippen molar-refractivity contribution >= 4 is 50.9 Å². The number of morpholine rings is 1. The molecule has 0 amide bonds. The summed E-state index contributed by atoms with van der Waals surface area (Å²) in [5.41, 5.74) is 2.85. The molecule has 0 saturated carbocycles. The van der Waals surface area contributed by atoms with Crippen molar-refractivity contribution in [1.29, 1.82) is 0 Å². The molecule has 7 nitrogen and oxygen atoms in total. The maximum Gasteiger partial charge on any atom is 0.228 e. The van der Waals surface area contributed by atoms with Crippen LogP contribution < -0.4 is 15.5 Å². The minimum atomic E-state index is 0.686. The molecule has 31 heavy (non-hydrogen) atoms. The molecular formula is C23H23ClN6O. The first-order valence-electron chi connectivity index (χ1n) is 10.4.